The quantitative estimate of drug-likeness (QED) is 0.818. The van der Waals surface area contributed by atoms with Crippen LogP contribution in [0.15, 0.2) is 41.8 Å². The van der Waals surface area contributed by atoms with Gasteiger partial charge in [0.05, 0.1) is 5.41 Å². The SMILES string of the molecule is CNC(=O)C1(Cc2ccc(-c3cccs3)cc2)CCN(C(=O)[C@@H]2CCCO2)CC1. The third kappa shape index (κ3) is 4.23. The summed E-state index contributed by atoms with van der Waals surface area (Å²) in [5, 5.41) is 4.94. The molecule has 1 atom stereocenters. The lowest BCUT2D eigenvalue weighted by Crippen LogP contribution is -2.52. The minimum atomic E-state index is -0.466. The molecule has 1 N–H and O–H groups in total. The van der Waals surface area contributed by atoms with Gasteiger partial charge in [0, 0.05) is 31.6 Å². The number of hydrogen-bond acceptors (Lipinski definition) is 4. The first-order valence-electron chi connectivity index (χ1n) is 10.4. The van der Waals surface area contributed by atoms with E-state index in [9.17, 15) is 9.59 Å². The first-order valence-corrected chi connectivity index (χ1v) is 11.2. The third-order valence-corrected chi connectivity index (χ3v) is 7.17. The number of rotatable bonds is 5. The Labute approximate surface area is 176 Å². The zero-order valence-electron chi connectivity index (χ0n) is 16.9. The summed E-state index contributed by atoms with van der Waals surface area (Å²) in [4.78, 5) is 28.6. The zero-order chi connectivity index (χ0) is 20.3. The number of carbonyl (C=O) groups is 2. The Morgan fingerprint density at radius 3 is 2.55 bits per heavy atom. The molecule has 0 aliphatic carbocycles. The van der Waals surface area contributed by atoms with Crippen molar-refractivity contribution >= 4 is 23.2 Å². The van der Waals surface area contributed by atoms with E-state index in [4.69, 9.17) is 4.74 Å². The summed E-state index contributed by atoms with van der Waals surface area (Å²) < 4.78 is 5.56. The fraction of sp³-hybridized carbons (Fsp3) is 0.478. The molecule has 2 amide bonds. The monoisotopic (exact) mass is 412 g/mol. The number of carbonyl (C=O) groups excluding carboxylic acids is 2. The number of nitrogens with zero attached hydrogens (tertiary/aromatic N) is 1. The Bertz CT molecular complexity index is 834. The van der Waals surface area contributed by atoms with Gasteiger partial charge in [0.2, 0.25) is 5.91 Å². The smallest absolute Gasteiger partial charge is 0.251 e. The summed E-state index contributed by atoms with van der Waals surface area (Å²) in [6.45, 7) is 1.90. The van der Waals surface area contributed by atoms with Crippen LogP contribution < -0.4 is 5.32 Å². The van der Waals surface area contributed by atoms with Crippen LogP contribution >= 0.6 is 11.3 Å². The molecule has 2 fully saturated rings. The van der Waals surface area contributed by atoms with Gasteiger partial charge in [0.1, 0.15) is 6.10 Å². The maximum atomic E-state index is 12.8. The molecular weight excluding hydrogens is 384 g/mol. The lowest BCUT2D eigenvalue weighted by molar-refractivity contribution is -0.146. The fourth-order valence-corrected chi connectivity index (χ4v) is 5.23. The van der Waals surface area contributed by atoms with Gasteiger partial charge in [-0.25, -0.2) is 0 Å². The van der Waals surface area contributed by atoms with Crippen LogP contribution in [0.5, 0.6) is 0 Å². The highest BCUT2D eigenvalue weighted by atomic mass is 32.1. The van der Waals surface area contributed by atoms with Crippen LogP contribution in [-0.4, -0.2) is 49.6 Å². The highest BCUT2D eigenvalue weighted by molar-refractivity contribution is 7.13. The summed E-state index contributed by atoms with van der Waals surface area (Å²) in [6.07, 6.45) is 3.53. The van der Waals surface area contributed by atoms with E-state index in [0.29, 0.717) is 39.0 Å². The molecule has 154 valence electrons. The van der Waals surface area contributed by atoms with Gasteiger partial charge in [-0.2, -0.15) is 0 Å². The molecule has 0 saturated carbocycles. The molecule has 1 aromatic carbocycles. The highest BCUT2D eigenvalue weighted by Crippen LogP contribution is 2.37. The van der Waals surface area contributed by atoms with Crippen molar-refractivity contribution in [2.45, 2.75) is 38.2 Å². The molecule has 6 heteroatoms. The molecule has 0 spiro atoms. The van der Waals surface area contributed by atoms with Gasteiger partial charge in [-0.05, 0) is 54.7 Å². The molecule has 2 saturated heterocycles. The van der Waals surface area contributed by atoms with Crippen LogP contribution in [0.4, 0.5) is 0 Å². The third-order valence-electron chi connectivity index (χ3n) is 6.25. The number of piperidine rings is 1. The predicted molar refractivity (Wildman–Crippen MR) is 115 cm³/mol. The van der Waals surface area contributed by atoms with Crippen LogP contribution in [0.1, 0.15) is 31.2 Å². The van der Waals surface area contributed by atoms with Crippen LogP contribution in [0.2, 0.25) is 0 Å². The van der Waals surface area contributed by atoms with Gasteiger partial charge >= 0.3 is 0 Å². The Morgan fingerprint density at radius 2 is 1.97 bits per heavy atom. The summed E-state index contributed by atoms with van der Waals surface area (Å²) >= 11 is 1.73. The van der Waals surface area contributed by atoms with E-state index < -0.39 is 5.41 Å². The topological polar surface area (TPSA) is 58.6 Å². The van der Waals surface area contributed by atoms with Gasteiger partial charge < -0.3 is 15.0 Å². The number of likely N-dealkylation sites (tertiary alicyclic amines) is 1. The van der Waals surface area contributed by atoms with Crippen LogP contribution in [0, 0.1) is 5.41 Å². The second kappa shape index (κ2) is 8.67. The van der Waals surface area contributed by atoms with Gasteiger partial charge in [0.25, 0.3) is 5.91 Å². The molecular formula is C23H28N2O3S. The van der Waals surface area contributed by atoms with Gasteiger partial charge in [-0.15, -0.1) is 11.3 Å². The Kier molecular flexibility index (Phi) is 6.01. The highest BCUT2D eigenvalue weighted by Gasteiger charge is 2.43. The second-order valence-electron chi connectivity index (χ2n) is 8.04. The summed E-state index contributed by atoms with van der Waals surface area (Å²) in [5.74, 6) is 0.164. The van der Waals surface area contributed by atoms with Crippen molar-refractivity contribution in [3.63, 3.8) is 0 Å². The molecule has 5 nitrogen and oxygen atoms in total. The van der Waals surface area contributed by atoms with Crippen molar-refractivity contribution in [3.8, 4) is 10.4 Å². The lowest BCUT2D eigenvalue weighted by atomic mass is 9.72. The summed E-state index contributed by atoms with van der Waals surface area (Å²) in [6, 6.07) is 12.7. The molecule has 2 aliphatic heterocycles. The van der Waals surface area contributed by atoms with Crippen molar-refractivity contribution < 1.29 is 14.3 Å². The number of ether oxygens (including phenoxy) is 1. The van der Waals surface area contributed by atoms with Crippen LogP contribution in [0.25, 0.3) is 10.4 Å². The molecule has 3 heterocycles. The normalized spacial score (nSPS) is 21.1. The molecule has 0 bridgehead atoms. The second-order valence-corrected chi connectivity index (χ2v) is 8.99. The standard InChI is InChI=1S/C23H28N2O3S/c1-24-22(27)23(10-12-25(13-11-23)21(26)19-4-2-14-28-19)16-17-6-8-18(9-7-17)20-5-3-15-29-20/h3,5-9,15,19H,2,4,10-14,16H2,1H3,(H,24,27)/t19-/m0/s1. The van der Waals surface area contributed by atoms with Gasteiger partial charge in [-0.3, -0.25) is 9.59 Å². The number of hydrogen-bond donors (Lipinski definition) is 1. The maximum absolute atomic E-state index is 12.8. The lowest BCUT2D eigenvalue weighted by Gasteiger charge is -2.41. The average Bonchev–Trinajstić information content (AvgIpc) is 3.48. The number of amides is 2. The average molecular weight is 413 g/mol. The molecule has 0 radical (unpaired) electrons. The minimum Gasteiger partial charge on any atom is -0.368 e. The Morgan fingerprint density at radius 1 is 1.21 bits per heavy atom. The van der Waals surface area contributed by atoms with E-state index >= 15 is 0 Å². The van der Waals surface area contributed by atoms with E-state index in [2.05, 4.69) is 47.1 Å². The van der Waals surface area contributed by atoms with E-state index in [1.165, 1.54) is 10.4 Å². The Hall–Kier alpha value is -2.18. The molecule has 0 unspecified atom stereocenters. The van der Waals surface area contributed by atoms with Gasteiger partial charge in [0.15, 0.2) is 0 Å². The van der Waals surface area contributed by atoms with Crippen molar-refractivity contribution in [1.82, 2.24) is 10.2 Å². The molecule has 1 aromatic heterocycles. The molecule has 2 aliphatic rings. The van der Waals surface area contributed by atoms with Crippen molar-refractivity contribution in [2.75, 3.05) is 26.7 Å². The minimum absolute atomic E-state index is 0.0732. The number of thiophene rings is 1. The van der Waals surface area contributed by atoms with E-state index in [0.717, 1.165) is 18.4 Å². The summed E-state index contributed by atoms with van der Waals surface area (Å²) in [5.41, 5.74) is 1.90. The first kappa shape index (κ1) is 20.1. The zero-order valence-corrected chi connectivity index (χ0v) is 17.7. The van der Waals surface area contributed by atoms with Crippen LogP contribution in [0.3, 0.4) is 0 Å². The van der Waals surface area contributed by atoms with Crippen molar-refractivity contribution in [2.24, 2.45) is 5.41 Å². The van der Waals surface area contributed by atoms with E-state index in [1.807, 2.05) is 4.90 Å². The molecule has 29 heavy (non-hydrogen) atoms. The van der Waals surface area contributed by atoms with Gasteiger partial charge in [-0.1, -0.05) is 30.3 Å². The maximum Gasteiger partial charge on any atom is 0.251 e. The largest absolute Gasteiger partial charge is 0.368 e. The fourth-order valence-electron chi connectivity index (χ4n) is 4.50. The van der Waals surface area contributed by atoms with Crippen molar-refractivity contribution in [3.05, 3.63) is 47.3 Å². The number of benzene rings is 1. The molecule has 4 rings (SSSR count). The first-order chi connectivity index (χ1) is 14.1. The molecule has 2 aromatic rings. The Balaban J connectivity index is 1.45. The number of nitrogens with one attached hydrogen (secondary N) is 1. The van der Waals surface area contributed by atoms with Crippen LogP contribution in [-0.2, 0) is 20.7 Å². The predicted octanol–water partition coefficient (Wildman–Crippen LogP) is 3.49. The van der Waals surface area contributed by atoms with Crippen molar-refractivity contribution in [1.29, 1.82) is 0 Å². The summed E-state index contributed by atoms with van der Waals surface area (Å²) in [7, 11) is 1.70. The van der Waals surface area contributed by atoms with E-state index in [-0.39, 0.29) is 17.9 Å². The van der Waals surface area contributed by atoms with E-state index in [1.54, 1.807) is 18.4 Å².